The number of anilines is 1. The molecule has 2 aromatic rings. The number of thioether (sulfide) groups is 1. The average molecular weight is 307 g/mol. The van der Waals surface area contributed by atoms with Crippen molar-refractivity contribution in [3.8, 4) is 0 Å². The lowest BCUT2D eigenvalue weighted by atomic mass is 10.2. The van der Waals surface area contributed by atoms with Crippen LogP contribution in [0.15, 0.2) is 41.4 Å². The van der Waals surface area contributed by atoms with Crippen LogP contribution in [0.5, 0.6) is 0 Å². The molecule has 0 unspecified atom stereocenters. The van der Waals surface area contributed by atoms with Crippen LogP contribution < -0.4 is 5.32 Å². The highest BCUT2D eigenvalue weighted by molar-refractivity contribution is 8.00. The highest BCUT2D eigenvalue weighted by Crippen LogP contribution is 2.18. The van der Waals surface area contributed by atoms with Gasteiger partial charge in [-0.15, -0.1) is 11.8 Å². The zero-order chi connectivity index (χ0) is 15.2. The van der Waals surface area contributed by atoms with E-state index in [0.29, 0.717) is 11.7 Å². The fourth-order valence-electron chi connectivity index (χ4n) is 1.79. The molecule has 2 rings (SSSR count). The van der Waals surface area contributed by atoms with Crippen molar-refractivity contribution in [2.24, 2.45) is 5.92 Å². The summed E-state index contributed by atoms with van der Waals surface area (Å²) in [6.07, 6.45) is 1.67. The summed E-state index contributed by atoms with van der Waals surface area (Å²) >= 11 is 1.37. The Morgan fingerprint density at radius 3 is 2.71 bits per heavy atom. The summed E-state index contributed by atoms with van der Waals surface area (Å²) in [5.74, 6) is 1.05. The first-order valence-electron chi connectivity index (χ1n) is 6.74. The third-order valence-corrected chi connectivity index (χ3v) is 3.72. The van der Waals surface area contributed by atoms with Gasteiger partial charge in [0.15, 0.2) is 0 Å². The number of hydrogen-bond acceptors (Lipinski definition) is 3. The van der Waals surface area contributed by atoms with E-state index >= 15 is 0 Å². The van der Waals surface area contributed by atoms with E-state index in [-0.39, 0.29) is 17.5 Å². The molecule has 0 spiro atoms. The number of halogens is 1. The monoisotopic (exact) mass is 307 g/mol. The second-order valence-electron chi connectivity index (χ2n) is 5.08. The zero-order valence-corrected chi connectivity index (χ0v) is 12.9. The lowest BCUT2D eigenvalue weighted by Gasteiger charge is -2.10. The predicted octanol–water partition coefficient (Wildman–Crippen LogP) is 3.41. The molecule has 0 bridgehead atoms. The Morgan fingerprint density at radius 2 is 2.05 bits per heavy atom. The molecule has 0 radical (unpaired) electrons. The molecule has 0 saturated carbocycles. The molecule has 0 saturated heterocycles. The molecule has 0 aliphatic heterocycles. The van der Waals surface area contributed by atoms with Crippen LogP contribution >= 0.6 is 11.8 Å². The summed E-state index contributed by atoms with van der Waals surface area (Å²) < 4.78 is 14.6. The first-order chi connectivity index (χ1) is 10.0. The molecule has 1 aromatic carbocycles. The summed E-state index contributed by atoms with van der Waals surface area (Å²) in [6.45, 7) is 4.95. The Kier molecular flexibility index (Phi) is 5.38. The Hall–Kier alpha value is -1.82. The van der Waals surface area contributed by atoms with Crippen LogP contribution in [0.4, 0.5) is 10.2 Å². The van der Waals surface area contributed by atoms with E-state index in [1.165, 1.54) is 23.9 Å². The van der Waals surface area contributed by atoms with Crippen LogP contribution in [0.3, 0.4) is 0 Å². The molecule has 0 atom stereocenters. The molecule has 112 valence electrons. The SMILES string of the molecule is CC(C)Cn1nccc1NC(=O)CSc1ccc(F)cc1. The Balaban J connectivity index is 1.87. The van der Waals surface area contributed by atoms with Crippen molar-refractivity contribution in [3.63, 3.8) is 0 Å². The summed E-state index contributed by atoms with van der Waals surface area (Å²) in [5.41, 5.74) is 0. The molecule has 1 N–H and O–H groups in total. The maximum atomic E-state index is 12.8. The van der Waals surface area contributed by atoms with Crippen LogP contribution in [0, 0.1) is 11.7 Å². The molecule has 0 fully saturated rings. The molecule has 1 aromatic heterocycles. The Labute approximate surface area is 127 Å². The molecule has 0 aliphatic rings. The zero-order valence-electron chi connectivity index (χ0n) is 12.0. The third kappa shape index (κ3) is 4.90. The van der Waals surface area contributed by atoms with Gasteiger partial charge in [0.05, 0.1) is 11.9 Å². The van der Waals surface area contributed by atoms with Gasteiger partial charge in [-0.3, -0.25) is 4.79 Å². The second kappa shape index (κ2) is 7.26. The molecule has 4 nitrogen and oxygen atoms in total. The van der Waals surface area contributed by atoms with Crippen molar-refractivity contribution in [1.29, 1.82) is 0 Å². The predicted molar refractivity (Wildman–Crippen MR) is 82.8 cm³/mol. The van der Waals surface area contributed by atoms with E-state index < -0.39 is 0 Å². The minimum atomic E-state index is -0.276. The van der Waals surface area contributed by atoms with Crippen molar-refractivity contribution in [2.75, 3.05) is 11.1 Å². The first-order valence-corrected chi connectivity index (χ1v) is 7.73. The standard InChI is InChI=1S/C15H18FN3OS/c1-11(2)9-19-14(7-8-17-19)18-15(20)10-21-13-5-3-12(16)4-6-13/h3-8,11H,9-10H2,1-2H3,(H,18,20). The fraction of sp³-hybridized carbons (Fsp3) is 0.333. The number of rotatable bonds is 6. The van der Waals surface area contributed by atoms with Crippen molar-refractivity contribution in [3.05, 3.63) is 42.3 Å². The maximum Gasteiger partial charge on any atom is 0.235 e. The first kappa shape index (κ1) is 15.6. The molecular formula is C15H18FN3OS. The minimum Gasteiger partial charge on any atom is -0.310 e. The average Bonchev–Trinajstić information content (AvgIpc) is 2.84. The third-order valence-electron chi connectivity index (χ3n) is 2.71. The van der Waals surface area contributed by atoms with E-state index in [1.807, 2.05) is 0 Å². The molecule has 1 amide bonds. The number of hydrogen-bond donors (Lipinski definition) is 1. The van der Waals surface area contributed by atoms with Crippen LogP contribution in [-0.4, -0.2) is 21.4 Å². The summed E-state index contributed by atoms with van der Waals surface area (Å²) in [5, 5.41) is 7.04. The van der Waals surface area contributed by atoms with E-state index in [2.05, 4.69) is 24.3 Å². The number of nitrogens with one attached hydrogen (secondary N) is 1. The molecule has 6 heteroatoms. The van der Waals surface area contributed by atoms with Gasteiger partial charge >= 0.3 is 0 Å². The highest BCUT2D eigenvalue weighted by Gasteiger charge is 2.09. The van der Waals surface area contributed by atoms with Crippen molar-refractivity contribution in [1.82, 2.24) is 9.78 Å². The lowest BCUT2D eigenvalue weighted by molar-refractivity contribution is -0.113. The normalized spacial score (nSPS) is 10.9. The van der Waals surface area contributed by atoms with Crippen molar-refractivity contribution < 1.29 is 9.18 Å². The van der Waals surface area contributed by atoms with Gasteiger partial charge in [0.2, 0.25) is 5.91 Å². The van der Waals surface area contributed by atoms with E-state index in [4.69, 9.17) is 0 Å². The molecule has 21 heavy (non-hydrogen) atoms. The number of nitrogens with zero attached hydrogens (tertiary/aromatic N) is 2. The van der Waals surface area contributed by atoms with Gasteiger partial charge in [-0.2, -0.15) is 5.10 Å². The molecule has 1 heterocycles. The number of benzene rings is 1. The molecule has 0 aliphatic carbocycles. The number of carbonyl (C=O) groups is 1. The summed E-state index contributed by atoms with van der Waals surface area (Å²) in [4.78, 5) is 12.8. The largest absolute Gasteiger partial charge is 0.310 e. The summed E-state index contributed by atoms with van der Waals surface area (Å²) in [7, 11) is 0. The Morgan fingerprint density at radius 1 is 1.33 bits per heavy atom. The summed E-state index contributed by atoms with van der Waals surface area (Å²) in [6, 6.07) is 7.88. The van der Waals surface area contributed by atoms with Gasteiger partial charge in [0.25, 0.3) is 0 Å². The van der Waals surface area contributed by atoms with Crippen LogP contribution in [0.2, 0.25) is 0 Å². The quantitative estimate of drug-likeness (QED) is 0.832. The second-order valence-corrected chi connectivity index (χ2v) is 6.13. The topological polar surface area (TPSA) is 46.9 Å². The number of amides is 1. The van der Waals surface area contributed by atoms with Gasteiger partial charge < -0.3 is 5.32 Å². The van der Waals surface area contributed by atoms with Crippen LogP contribution in [0.25, 0.3) is 0 Å². The number of carbonyl (C=O) groups excluding carboxylic acids is 1. The lowest BCUT2D eigenvalue weighted by Crippen LogP contribution is -2.18. The number of aromatic nitrogens is 2. The van der Waals surface area contributed by atoms with Gasteiger partial charge in [0.1, 0.15) is 11.6 Å². The fourth-order valence-corrected chi connectivity index (χ4v) is 2.49. The highest BCUT2D eigenvalue weighted by atomic mass is 32.2. The van der Waals surface area contributed by atoms with Crippen molar-refractivity contribution in [2.45, 2.75) is 25.3 Å². The van der Waals surface area contributed by atoms with E-state index in [0.717, 1.165) is 11.4 Å². The van der Waals surface area contributed by atoms with Gasteiger partial charge in [-0.1, -0.05) is 13.8 Å². The van der Waals surface area contributed by atoms with Crippen molar-refractivity contribution >= 4 is 23.5 Å². The van der Waals surface area contributed by atoms with Gasteiger partial charge in [-0.05, 0) is 30.2 Å². The van der Waals surface area contributed by atoms with E-state index in [1.54, 1.807) is 29.1 Å². The maximum absolute atomic E-state index is 12.8. The van der Waals surface area contributed by atoms with E-state index in [9.17, 15) is 9.18 Å². The van der Waals surface area contributed by atoms with Gasteiger partial charge in [0, 0.05) is 17.5 Å². The molecular weight excluding hydrogens is 289 g/mol. The van der Waals surface area contributed by atoms with Crippen LogP contribution in [0.1, 0.15) is 13.8 Å². The minimum absolute atomic E-state index is 0.102. The van der Waals surface area contributed by atoms with Crippen LogP contribution in [-0.2, 0) is 11.3 Å². The van der Waals surface area contributed by atoms with Gasteiger partial charge in [-0.25, -0.2) is 9.07 Å². The Bertz CT molecular complexity index is 595. The smallest absolute Gasteiger partial charge is 0.235 e.